The highest BCUT2D eigenvalue weighted by Gasteiger charge is 2.14. The molecule has 3 rings (SSSR count). The van der Waals surface area contributed by atoms with Crippen LogP contribution in [0.15, 0.2) is 48.5 Å². The number of thiazole rings is 1. The Kier molecular flexibility index (Phi) is 5.46. The monoisotopic (exact) mass is 353 g/mol. The molecule has 3 aromatic rings. The molecule has 0 N–H and O–H groups in total. The van der Waals surface area contributed by atoms with Gasteiger partial charge in [0.05, 0.1) is 23.3 Å². The fourth-order valence-corrected chi connectivity index (χ4v) is 3.79. The van der Waals surface area contributed by atoms with Gasteiger partial charge in [0.15, 0.2) is 0 Å². The topological polar surface area (TPSA) is 36.4 Å². The standard InChI is InChI=1S/C20H23N3OS/c1-15-8-4-5-9-16(15)12-22(2)14-20(24)23(3)13-19-21-17-10-6-7-11-18(17)25-19/h4-11H,12-14H2,1-3H3. The first-order chi connectivity index (χ1) is 12.0. The van der Waals surface area contributed by atoms with E-state index in [0.29, 0.717) is 13.1 Å². The predicted molar refractivity (Wildman–Crippen MR) is 104 cm³/mol. The summed E-state index contributed by atoms with van der Waals surface area (Å²) in [6.07, 6.45) is 0. The van der Waals surface area contributed by atoms with Crippen LogP contribution in [0.5, 0.6) is 0 Å². The van der Waals surface area contributed by atoms with Crippen molar-refractivity contribution in [3.05, 3.63) is 64.7 Å². The molecule has 0 unspecified atom stereocenters. The van der Waals surface area contributed by atoms with E-state index in [2.05, 4.69) is 35.0 Å². The highest BCUT2D eigenvalue weighted by Crippen LogP contribution is 2.22. The molecule has 0 fully saturated rings. The minimum atomic E-state index is 0.107. The molecular formula is C20H23N3OS. The predicted octanol–water partition coefficient (Wildman–Crippen LogP) is 3.70. The van der Waals surface area contributed by atoms with Crippen LogP contribution in [0.25, 0.3) is 10.2 Å². The molecule has 1 aromatic heterocycles. The summed E-state index contributed by atoms with van der Waals surface area (Å²) in [6, 6.07) is 16.4. The van der Waals surface area contributed by atoms with Crippen molar-refractivity contribution in [2.75, 3.05) is 20.6 Å². The molecule has 25 heavy (non-hydrogen) atoms. The largest absolute Gasteiger partial charge is 0.338 e. The average Bonchev–Trinajstić information content (AvgIpc) is 2.99. The second-order valence-corrected chi connectivity index (χ2v) is 7.54. The van der Waals surface area contributed by atoms with E-state index in [9.17, 15) is 4.79 Å². The van der Waals surface area contributed by atoms with E-state index >= 15 is 0 Å². The number of nitrogens with zero attached hydrogens (tertiary/aromatic N) is 3. The fourth-order valence-electron chi connectivity index (χ4n) is 2.76. The molecule has 0 aliphatic rings. The highest BCUT2D eigenvalue weighted by molar-refractivity contribution is 7.18. The van der Waals surface area contributed by atoms with E-state index in [0.717, 1.165) is 21.8 Å². The van der Waals surface area contributed by atoms with Gasteiger partial charge in [0.1, 0.15) is 5.01 Å². The molecule has 1 amide bonds. The third kappa shape index (κ3) is 4.44. The van der Waals surface area contributed by atoms with Crippen LogP contribution >= 0.6 is 11.3 Å². The second-order valence-electron chi connectivity index (χ2n) is 6.42. The smallest absolute Gasteiger partial charge is 0.236 e. The number of rotatable bonds is 6. The number of fused-ring (bicyclic) bond motifs is 1. The number of hydrogen-bond donors (Lipinski definition) is 0. The molecule has 2 aromatic carbocycles. The van der Waals surface area contributed by atoms with Gasteiger partial charge in [-0.1, -0.05) is 36.4 Å². The first kappa shape index (κ1) is 17.6. The molecule has 0 bridgehead atoms. The SMILES string of the molecule is Cc1ccccc1CN(C)CC(=O)N(C)Cc1nc2ccccc2s1. The zero-order chi connectivity index (χ0) is 17.8. The maximum Gasteiger partial charge on any atom is 0.236 e. The van der Waals surface area contributed by atoms with Crippen molar-refractivity contribution in [3.8, 4) is 0 Å². The van der Waals surface area contributed by atoms with Gasteiger partial charge in [0.25, 0.3) is 0 Å². The quantitative estimate of drug-likeness (QED) is 0.678. The lowest BCUT2D eigenvalue weighted by Gasteiger charge is -2.21. The van der Waals surface area contributed by atoms with Crippen LogP contribution in [0.4, 0.5) is 0 Å². The van der Waals surface area contributed by atoms with Crippen molar-refractivity contribution in [2.24, 2.45) is 0 Å². The van der Waals surface area contributed by atoms with Gasteiger partial charge in [-0.25, -0.2) is 4.98 Å². The zero-order valence-electron chi connectivity index (χ0n) is 14.9. The lowest BCUT2D eigenvalue weighted by Crippen LogP contribution is -2.36. The van der Waals surface area contributed by atoms with Crippen molar-refractivity contribution >= 4 is 27.5 Å². The number of aryl methyl sites for hydroxylation is 1. The maximum atomic E-state index is 12.5. The number of carbonyl (C=O) groups excluding carboxylic acids is 1. The molecule has 4 nitrogen and oxygen atoms in total. The molecule has 0 saturated carbocycles. The van der Waals surface area contributed by atoms with Crippen LogP contribution in [0.3, 0.4) is 0 Å². The van der Waals surface area contributed by atoms with Crippen LogP contribution < -0.4 is 0 Å². The zero-order valence-corrected chi connectivity index (χ0v) is 15.7. The van der Waals surface area contributed by atoms with E-state index in [1.165, 1.54) is 11.1 Å². The van der Waals surface area contributed by atoms with Gasteiger partial charge in [0, 0.05) is 13.6 Å². The Morgan fingerprint density at radius 3 is 2.52 bits per heavy atom. The Balaban J connectivity index is 1.57. The van der Waals surface area contributed by atoms with Crippen LogP contribution in [0, 0.1) is 6.92 Å². The normalized spacial score (nSPS) is 11.2. The van der Waals surface area contributed by atoms with E-state index in [1.54, 1.807) is 16.2 Å². The summed E-state index contributed by atoms with van der Waals surface area (Å²) >= 11 is 1.65. The van der Waals surface area contributed by atoms with Crippen LogP contribution in [-0.2, 0) is 17.9 Å². The summed E-state index contributed by atoms with van der Waals surface area (Å²) in [4.78, 5) is 20.9. The number of benzene rings is 2. The van der Waals surface area contributed by atoms with Crippen LogP contribution in [-0.4, -0.2) is 41.3 Å². The lowest BCUT2D eigenvalue weighted by atomic mass is 10.1. The number of para-hydroxylation sites is 1. The van der Waals surface area contributed by atoms with Gasteiger partial charge in [0.2, 0.25) is 5.91 Å². The maximum absolute atomic E-state index is 12.5. The van der Waals surface area contributed by atoms with E-state index < -0.39 is 0 Å². The molecule has 0 spiro atoms. The Morgan fingerprint density at radius 1 is 1.04 bits per heavy atom. The minimum absolute atomic E-state index is 0.107. The summed E-state index contributed by atoms with van der Waals surface area (Å²) in [7, 11) is 3.83. The Hall–Kier alpha value is -2.24. The molecule has 130 valence electrons. The van der Waals surface area contributed by atoms with Crippen molar-refractivity contribution in [3.63, 3.8) is 0 Å². The average molecular weight is 353 g/mol. The number of carbonyl (C=O) groups is 1. The van der Waals surface area contributed by atoms with Gasteiger partial charge in [-0.15, -0.1) is 11.3 Å². The van der Waals surface area contributed by atoms with E-state index in [-0.39, 0.29) is 5.91 Å². The minimum Gasteiger partial charge on any atom is -0.338 e. The first-order valence-corrected chi connectivity index (χ1v) is 9.16. The molecule has 0 saturated heterocycles. The summed E-state index contributed by atoms with van der Waals surface area (Å²) < 4.78 is 1.16. The Morgan fingerprint density at radius 2 is 1.76 bits per heavy atom. The van der Waals surface area contributed by atoms with Gasteiger partial charge in [-0.2, -0.15) is 0 Å². The third-order valence-electron chi connectivity index (χ3n) is 4.24. The van der Waals surface area contributed by atoms with Gasteiger partial charge in [-0.3, -0.25) is 9.69 Å². The lowest BCUT2D eigenvalue weighted by molar-refractivity contribution is -0.131. The molecule has 5 heteroatoms. The highest BCUT2D eigenvalue weighted by atomic mass is 32.1. The molecule has 0 radical (unpaired) electrons. The molecule has 0 aliphatic carbocycles. The second kappa shape index (κ2) is 7.76. The van der Waals surface area contributed by atoms with Crippen molar-refractivity contribution in [2.45, 2.75) is 20.0 Å². The van der Waals surface area contributed by atoms with Gasteiger partial charge in [-0.05, 0) is 37.2 Å². The summed E-state index contributed by atoms with van der Waals surface area (Å²) in [5.41, 5.74) is 3.51. The van der Waals surface area contributed by atoms with Crippen molar-refractivity contribution in [1.82, 2.24) is 14.8 Å². The number of amides is 1. The number of hydrogen-bond acceptors (Lipinski definition) is 4. The third-order valence-corrected chi connectivity index (χ3v) is 5.26. The van der Waals surface area contributed by atoms with Gasteiger partial charge >= 0.3 is 0 Å². The Labute approximate surface area is 152 Å². The molecule has 0 atom stereocenters. The summed E-state index contributed by atoms with van der Waals surface area (Å²) in [5.74, 6) is 0.107. The van der Waals surface area contributed by atoms with E-state index in [4.69, 9.17) is 0 Å². The molecular weight excluding hydrogens is 330 g/mol. The van der Waals surface area contributed by atoms with Gasteiger partial charge < -0.3 is 4.90 Å². The summed E-state index contributed by atoms with van der Waals surface area (Å²) in [6.45, 7) is 3.82. The number of likely N-dealkylation sites (N-methyl/N-ethyl adjacent to an activating group) is 2. The van der Waals surface area contributed by atoms with Crippen LogP contribution in [0.1, 0.15) is 16.1 Å². The molecule has 0 aliphatic heterocycles. The number of aromatic nitrogens is 1. The van der Waals surface area contributed by atoms with Crippen molar-refractivity contribution < 1.29 is 4.79 Å². The van der Waals surface area contributed by atoms with E-state index in [1.807, 2.05) is 44.4 Å². The Bertz CT molecular complexity index is 841. The van der Waals surface area contributed by atoms with Crippen molar-refractivity contribution in [1.29, 1.82) is 0 Å². The first-order valence-electron chi connectivity index (χ1n) is 8.34. The van der Waals surface area contributed by atoms with Crippen LogP contribution in [0.2, 0.25) is 0 Å². The molecule has 1 heterocycles. The summed E-state index contributed by atoms with van der Waals surface area (Å²) in [5, 5.41) is 0.971. The fraction of sp³-hybridized carbons (Fsp3) is 0.300.